The van der Waals surface area contributed by atoms with Crippen molar-refractivity contribution in [3.63, 3.8) is 0 Å². The lowest BCUT2D eigenvalue weighted by molar-refractivity contribution is 0.686. The number of allylic oxidation sites excluding steroid dienone is 4. The molecule has 13 aromatic rings. The second kappa shape index (κ2) is 17.2. The number of fused-ring (bicyclic) bond motifs is 8. The molecular weight excluding hydrogens is 889 g/mol. The Morgan fingerprint density at radius 1 is 0.203 bits per heavy atom. The summed E-state index contributed by atoms with van der Waals surface area (Å²) >= 11 is 0. The Morgan fingerprint density at radius 3 is 1.03 bits per heavy atom. The van der Waals surface area contributed by atoms with E-state index in [9.17, 15) is 0 Å². The van der Waals surface area contributed by atoms with Crippen LogP contribution < -0.4 is 10.4 Å². The average Bonchev–Trinajstić information content (AvgIpc) is 3.48. The summed E-state index contributed by atoms with van der Waals surface area (Å²) in [5, 5.41) is 17.7. The van der Waals surface area contributed by atoms with Crippen LogP contribution in [0.25, 0.3) is 120 Å². The van der Waals surface area contributed by atoms with Crippen LogP contribution in [-0.2, 0) is 0 Å². The standard InChI is InChI=1S/C74H48/c1-5-17-53-41-59(33-29-47(53)13-1)71-63-21-9-11-23-65(63)73(61-35-31-49-15-3-7-19-55(49)43-61)69-45-57(37-39-67(69)71)51-25-27-52(28-26-51)58-38-40-68-70(46-58)74(62-36-32-50-16-4-8-20-56(50)44-62)66-24-12-10-22-64(66)72(68)60-34-30-48-14-2-6-18-54(48)42-60/h1-46,63,65H. The smallest absolute Gasteiger partial charge is 0.0137 e. The molecule has 2 aliphatic carbocycles. The summed E-state index contributed by atoms with van der Waals surface area (Å²) in [6.45, 7) is 0. The molecule has 2 aliphatic rings. The Bertz CT molecular complexity index is 4660. The van der Waals surface area contributed by atoms with Crippen molar-refractivity contribution < 1.29 is 0 Å². The Balaban J connectivity index is 0.911. The van der Waals surface area contributed by atoms with Gasteiger partial charge in [0.1, 0.15) is 0 Å². The maximum atomic E-state index is 2.48. The van der Waals surface area contributed by atoms with Crippen LogP contribution in [0.5, 0.6) is 0 Å². The molecule has 0 aromatic heterocycles. The van der Waals surface area contributed by atoms with Gasteiger partial charge in [-0.05, 0) is 178 Å². The lowest BCUT2D eigenvalue weighted by Crippen LogP contribution is -2.40. The minimum atomic E-state index is 0.180. The monoisotopic (exact) mass is 936 g/mol. The van der Waals surface area contributed by atoms with E-state index in [0.29, 0.717) is 0 Å². The van der Waals surface area contributed by atoms with Crippen molar-refractivity contribution in [3.05, 3.63) is 301 Å². The maximum absolute atomic E-state index is 2.48. The molecule has 0 heterocycles. The number of benzene rings is 13. The molecule has 0 N–H and O–H groups in total. The summed E-state index contributed by atoms with van der Waals surface area (Å²) < 4.78 is 0. The van der Waals surface area contributed by atoms with Gasteiger partial charge in [-0.15, -0.1) is 0 Å². The van der Waals surface area contributed by atoms with Gasteiger partial charge in [0, 0.05) is 11.8 Å². The first-order valence-corrected chi connectivity index (χ1v) is 26.0. The van der Waals surface area contributed by atoms with Gasteiger partial charge in [-0.2, -0.15) is 0 Å². The number of hydrogen-bond acceptors (Lipinski definition) is 0. The van der Waals surface area contributed by atoms with Gasteiger partial charge in [0.05, 0.1) is 0 Å². The first-order valence-electron chi connectivity index (χ1n) is 26.0. The molecule has 2 unspecified atom stereocenters. The molecule has 15 rings (SSSR count). The van der Waals surface area contributed by atoms with E-state index in [4.69, 9.17) is 0 Å². The van der Waals surface area contributed by atoms with Crippen LogP contribution >= 0.6 is 0 Å². The van der Waals surface area contributed by atoms with E-state index < -0.39 is 0 Å². The van der Waals surface area contributed by atoms with Crippen molar-refractivity contribution in [2.75, 3.05) is 0 Å². The molecule has 0 aliphatic heterocycles. The van der Waals surface area contributed by atoms with Gasteiger partial charge >= 0.3 is 0 Å². The average molecular weight is 937 g/mol. The molecule has 2 atom stereocenters. The molecule has 344 valence electrons. The first-order chi connectivity index (χ1) is 36.7. The second-order valence-electron chi connectivity index (χ2n) is 20.3. The van der Waals surface area contributed by atoms with Gasteiger partial charge in [-0.1, -0.05) is 243 Å². The third kappa shape index (κ3) is 6.98. The fourth-order valence-electron chi connectivity index (χ4n) is 12.6. The third-order valence-electron chi connectivity index (χ3n) is 16.2. The number of rotatable bonds is 6. The Morgan fingerprint density at radius 2 is 0.541 bits per heavy atom. The van der Waals surface area contributed by atoms with Crippen LogP contribution in [0.2, 0.25) is 0 Å². The van der Waals surface area contributed by atoms with Gasteiger partial charge in [-0.3, -0.25) is 0 Å². The van der Waals surface area contributed by atoms with Gasteiger partial charge in [0.2, 0.25) is 0 Å². The molecule has 0 saturated heterocycles. The Hall–Kier alpha value is -9.36. The normalized spacial score (nSPS) is 15.1. The van der Waals surface area contributed by atoms with Crippen LogP contribution in [0.4, 0.5) is 0 Å². The molecule has 0 spiro atoms. The summed E-state index contributed by atoms with van der Waals surface area (Å²) in [6.07, 6.45) is 9.35. The number of hydrogen-bond donors (Lipinski definition) is 0. The molecule has 0 radical (unpaired) electrons. The minimum absolute atomic E-state index is 0.180. The van der Waals surface area contributed by atoms with E-state index in [1.807, 2.05) is 0 Å². The maximum Gasteiger partial charge on any atom is 0.0137 e. The quantitative estimate of drug-likeness (QED) is 0.146. The molecule has 0 heteroatoms. The van der Waals surface area contributed by atoms with E-state index in [1.54, 1.807) is 0 Å². The van der Waals surface area contributed by atoms with Crippen molar-refractivity contribution in [3.8, 4) is 44.5 Å². The molecule has 0 fully saturated rings. The van der Waals surface area contributed by atoms with Gasteiger partial charge < -0.3 is 0 Å². The molecular formula is C74H48. The lowest BCUT2D eigenvalue weighted by atomic mass is 9.69. The molecule has 74 heavy (non-hydrogen) atoms. The summed E-state index contributed by atoms with van der Waals surface area (Å²) in [7, 11) is 0. The van der Waals surface area contributed by atoms with Crippen LogP contribution in [0.1, 0.15) is 11.1 Å². The van der Waals surface area contributed by atoms with E-state index in [-0.39, 0.29) is 11.8 Å². The predicted molar refractivity (Wildman–Crippen MR) is 316 cm³/mol. The zero-order valence-electron chi connectivity index (χ0n) is 40.7. The fraction of sp³-hybridized carbons (Fsp3) is 0.0270. The molecule has 0 bridgehead atoms. The molecule has 0 nitrogen and oxygen atoms in total. The van der Waals surface area contributed by atoms with Crippen LogP contribution in [0, 0.1) is 11.8 Å². The minimum Gasteiger partial charge on any atom is -0.0760 e. The lowest BCUT2D eigenvalue weighted by Gasteiger charge is -2.33. The highest BCUT2D eigenvalue weighted by atomic mass is 14.4. The van der Waals surface area contributed by atoms with Crippen LogP contribution in [-0.4, -0.2) is 0 Å². The van der Waals surface area contributed by atoms with Crippen molar-refractivity contribution in [1.82, 2.24) is 0 Å². The van der Waals surface area contributed by atoms with Gasteiger partial charge in [0.15, 0.2) is 0 Å². The first kappa shape index (κ1) is 42.3. The van der Waals surface area contributed by atoms with E-state index >= 15 is 0 Å². The molecule has 0 amide bonds. The van der Waals surface area contributed by atoms with Crippen molar-refractivity contribution in [1.29, 1.82) is 0 Å². The zero-order valence-corrected chi connectivity index (χ0v) is 40.7. The van der Waals surface area contributed by atoms with Crippen molar-refractivity contribution in [2.45, 2.75) is 0 Å². The predicted octanol–water partition coefficient (Wildman–Crippen LogP) is 18.0. The van der Waals surface area contributed by atoms with Gasteiger partial charge in [0.25, 0.3) is 0 Å². The zero-order chi connectivity index (χ0) is 48.7. The Kier molecular flexibility index (Phi) is 9.82. The highest BCUT2D eigenvalue weighted by Gasteiger charge is 2.32. The summed E-state index contributed by atoms with van der Waals surface area (Å²) in [4.78, 5) is 0. The molecule has 13 aromatic carbocycles. The largest absolute Gasteiger partial charge is 0.0760 e. The molecule has 0 saturated carbocycles. The van der Waals surface area contributed by atoms with Crippen LogP contribution in [0.15, 0.2) is 279 Å². The Labute approximate surface area is 430 Å². The topological polar surface area (TPSA) is 0 Å². The SMILES string of the molecule is C1=CC2C(c3ccc4ccccc4c3)=c3ccc(-c4ccc(-c5ccc6c(-c7ccc8ccccc8c7)c7ccccc7c(-c7ccc8ccccc8c7)c6c5)cc4)cc3=C(c3ccc4ccccc4c3)C2C=C1. The van der Waals surface area contributed by atoms with Crippen molar-refractivity contribution in [2.24, 2.45) is 11.8 Å². The van der Waals surface area contributed by atoms with Crippen LogP contribution in [0.3, 0.4) is 0 Å². The fourth-order valence-corrected chi connectivity index (χ4v) is 12.6. The van der Waals surface area contributed by atoms with Gasteiger partial charge in [-0.25, -0.2) is 0 Å². The van der Waals surface area contributed by atoms with E-state index in [2.05, 4.69) is 279 Å². The summed E-state index contributed by atoms with van der Waals surface area (Å²) in [5.41, 5.74) is 15.1. The second-order valence-corrected chi connectivity index (χ2v) is 20.3. The van der Waals surface area contributed by atoms with E-state index in [0.717, 1.165) is 0 Å². The summed E-state index contributed by atoms with van der Waals surface area (Å²) in [6, 6.07) is 95.5. The highest BCUT2D eigenvalue weighted by molar-refractivity contribution is 6.22. The summed E-state index contributed by atoms with van der Waals surface area (Å²) in [5.74, 6) is 0.379. The third-order valence-corrected chi connectivity index (χ3v) is 16.2. The van der Waals surface area contributed by atoms with E-state index in [1.165, 1.54) is 142 Å². The van der Waals surface area contributed by atoms with Crippen molar-refractivity contribution >= 4 is 75.8 Å². The highest BCUT2D eigenvalue weighted by Crippen LogP contribution is 2.47.